The van der Waals surface area contributed by atoms with E-state index in [4.69, 9.17) is 9.84 Å². The third kappa shape index (κ3) is 11.6. The first-order chi connectivity index (χ1) is 16.4. The Morgan fingerprint density at radius 2 is 1.24 bits per heavy atom. The third-order valence-corrected chi connectivity index (χ3v) is 5.33. The van der Waals surface area contributed by atoms with Crippen LogP contribution in [0.2, 0.25) is 0 Å². The van der Waals surface area contributed by atoms with E-state index in [9.17, 15) is 10.2 Å². The summed E-state index contributed by atoms with van der Waals surface area (Å²) in [6, 6.07) is 20.4. The second-order valence-electron chi connectivity index (χ2n) is 8.26. The summed E-state index contributed by atoms with van der Waals surface area (Å²) in [5, 5.41) is 27.6. The first kappa shape index (κ1) is 28.9. The fourth-order valence-electron chi connectivity index (χ4n) is 3.30. The van der Waals surface area contributed by atoms with Gasteiger partial charge in [0.15, 0.2) is 11.5 Å². The van der Waals surface area contributed by atoms with Gasteiger partial charge in [-0.25, -0.2) is 0 Å². The van der Waals surface area contributed by atoms with Gasteiger partial charge in [-0.3, -0.25) is 0 Å². The van der Waals surface area contributed by atoms with Crippen LogP contribution in [0.1, 0.15) is 69.6 Å². The molecule has 0 spiro atoms. The number of aromatic hydroxyl groups is 3. The zero-order chi connectivity index (χ0) is 25.2. The lowest BCUT2D eigenvalue weighted by Crippen LogP contribution is -1.88. The predicted molar refractivity (Wildman–Crippen MR) is 142 cm³/mol. The number of aryl methyl sites for hydroxylation is 3. The van der Waals surface area contributed by atoms with Crippen molar-refractivity contribution in [2.45, 2.75) is 72.1 Å². The van der Waals surface area contributed by atoms with Crippen molar-refractivity contribution in [3.8, 4) is 23.0 Å². The fourth-order valence-corrected chi connectivity index (χ4v) is 3.30. The number of benzene rings is 3. The molecule has 0 radical (unpaired) electrons. The molecule has 0 saturated heterocycles. The van der Waals surface area contributed by atoms with Crippen molar-refractivity contribution >= 4 is 0 Å². The topological polar surface area (TPSA) is 69.9 Å². The first-order valence-corrected chi connectivity index (χ1v) is 12.4. The molecule has 34 heavy (non-hydrogen) atoms. The summed E-state index contributed by atoms with van der Waals surface area (Å²) in [5.74, 6) is 1.55. The molecule has 0 bridgehead atoms. The van der Waals surface area contributed by atoms with Crippen molar-refractivity contribution in [1.29, 1.82) is 0 Å². The van der Waals surface area contributed by atoms with Gasteiger partial charge in [-0.2, -0.15) is 0 Å². The molecule has 0 unspecified atom stereocenters. The Labute approximate surface area is 205 Å². The number of unbranched alkanes of at least 4 members (excludes halogenated alkanes) is 2. The van der Waals surface area contributed by atoms with Crippen LogP contribution in [-0.4, -0.2) is 22.4 Å². The Hall–Kier alpha value is -3.14. The molecule has 0 aliphatic carbocycles. The summed E-state index contributed by atoms with van der Waals surface area (Å²) >= 11 is 0. The number of methoxy groups -OCH3 is 1. The summed E-state index contributed by atoms with van der Waals surface area (Å²) in [4.78, 5) is 0. The Kier molecular flexibility index (Phi) is 14.7. The Balaban J connectivity index is 0.000000257. The van der Waals surface area contributed by atoms with Gasteiger partial charge in [0.05, 0.1) is 7.11 Å². The van der Waals surface area contributed by atoms with Gasteiger partial charge in [0.1, 0.15) is 11.5 Å². The molecule has 0 aliphatic rings. The second kappa shape index (κ2) is 17.4. The van der Waals surface area contributed by atoms with Gasteiger partial charge < -0.3 is 20.1 Å². The van der Waals surface area contributed by atoms with E-state index < -0.39 is 0 Å². The quantitative estimate of drug-likeness (QED) is 0.301. The molecule has 0 fully saturated rings. The number of hydrogen-bond donors (Lipinski definition) is 3. The fraction of sp³-hybridized carbons (Fsp3) is 0.400. The minimum absolute atomic E-state index is 0.211. The molecule has 3 N–H and O–H groups in total. The van der Waals surface area contributed by atoms with Crippen LogP contribution in [0, 0.1) is 0 Å². The summed E-state index contributed by atoms with van der Waals surface area (Å²) in [7, 11) is 1.57. The van der Waals surface area contributed by atoms with Crippen LogP contribution in [0.3, 0.4) is 0 Å². The van der Waals surface area contributed by atoms with Crippen molar-refractivity contribution in [3.63, 3.8) is 0 Å². The average molecular weight is 467 g/mol. The summed E-state index contributed by atoms with van der Waals surface area (Å²) in [5.41, 5.74) is 3.58. The van der Waals surface area contributed by atoms with Gasteiger partial charge in [-0.05, 0) is 79.1 Å². The minimum Gasteiger partial charge on any atom is -0.508 e. The molecule has 186 valence electrons. The lowest BCUT2D eigenvalue weighted by Gasteiger charge is -2.05. The van der Waals surface area contributed by atoms with Crippen molar-refractivity contribution in [3.05, 3.63) is 83.4 Å². The zero-order valence-electron chi connectivity index (χ0n) is 21.3. The second-order valence-corrected chi connectivity index (χ2v) is 8.26. The standard InChI is InChI=1S/C11H16O2.C10H14O.C9H12O/c1-3-4-5-9-6-7-10(12)11(8-9)13-2;1-2-3-6-9-7-4-5-8-10(9)11;1-2-3-8-4-6-9(10)7-5-8/h6-8,12H,3-5H2,1-2H3;4-5,7-8,11H,2-3,6H2,1H3;4-7,10H,2-3H2,1H3. The van der Waals surface area contributed by atoms with Gasteiger partial charge >= 0.3 is 0 Å². The molecule has 4 heteroatoms. The lowest BCUT2D eigenvalue weighted by atomic mass is 10.1. The molecule has 0 heterocycles. The number of para-hydroxylation sites is 1. The number of rotatable bonds is 9. The lowest BCUT2D eigenvalue weighted by molar-refractivity contribution is 0.373. The molecule has 4 nitrogen and oxygen atoms in total. The van der Waals surface area contributed by atoms with E-state index in [1.807, 2.05) is 42.5 Å². The number of phenols is 3. The van der Waals surface area contributed by atoms with E-state index in [1.54, 1.807) is 31.4 Å². The highest BCUT2D eigenvalue weighted by atomic mass is 16.5. The summed E-state index contributed by atoms with van der Waals surface area (Å²) < 4.78 is 5.02. The number of hydrogen-bond acceptors (Lipinski definition) is 4. The van der Waals surface area contributed by atoms with Crippen molar-refractivity contribution in [1.82, 2.24) is 0 Å². The Morgan fingerprint density at radius 3 is 1.82 bits per heavy atom. The van der Waals surface area contributed by atoms with Crippen LogP contribution < -0.4 is 4.74 Å². The van der Waals surface area contributed by atoms with Crippen LogP contribution in [0.15, 0.2) is 66.7 Å². The van der Waals surface area contributed by atoms with E-state index in [0.29, 0.717) is 17.2 Å². The largest absolute Gasteiger partial charge is 0.508 e. The highest BCUT2D eigenvalue weighted by molar-refractivity contribution is 5.41. The van der Waals surface area contributed by atoms with Gasteiger partial charge in [0.2, 0.25) is 0 Å². The molecule has 3 aromatic carbocycles. The SMILES string of the molecule is CCCCc1ccc(O)c(OC)c1.CCCCc1ccccc1O.CCCc1ccc(O)cc1. The highest BCUT2D eigenvalue weighted by Gasteiger charge is 2.01. The average Bonchev–Trinajstić information content (AvgIpc) is 2.85. The van der Waals surface area contributed by atoms with Crippen molar-refractivity contribution < 1.29 is 20.1 Å². The van der Waals surface area contributed by atoms with E-state index >= 15 is 0 Å². The molecule has 0 aliphatic heterocycles. The van der Waals surface area contributed by atoms with Crippen LogP contribution >= 0.6 is 0 Å². The third-order valence-electron chi connectivity index (χ3n) is 5.33. The van der Waals surface area contributed by atoms with Crippen molar-refractivity contribution in [2.75, 3.05) is 7.11 Å². The zero-order valence-corrected chi connectivity index (χ0v) is 21.3. The highest BCUT2D eigenvalue weighted by Crippen LogP contribution is 2.26. The molecule has 0 atom stereocenters. The maximum absolute atomic E-state index is 9.34. The number of phenolic OH excluding ortho intramolecular Hbond substituents is 3. The van der Waals surface area contributed by atoms with E-state index in [2.05, 4.69) is 20.8 Å². The van der Waals surface area contributed by atoms with Crippen LogP contribution in [0.4, 0.5) is 0 Å². The Bertz CT molecular complexity index is 919. The van der Waals surface area contributed by atoms with Gasteiger partial charge in [0.25, 0.3) is 0 Å². The van der Waals surface area contributed by atoms with E-state index in [0.717, 1.165) is 37.7 Å². The Morgan fingerprint density at radius 1 is 0.618 bits per heavy atom. The van der Waals surface area contributed by atoms with Crippen molar-refractivity contribution in [2.24, 2.45) is 0 Å². The van der Waals surface area contributed by atoms with Crippen LogP contribution in [0.5, 0.6) is 23.0 Å². The first-order valence-electron chi connectivity index (χ1n) is 12.4. The van der Waals surface area contributed by atoms with E-state index in [1.165, 1.54) is 30.4 Å². The van der Waals surface area contributed by atoms with Gasteiger partial charge in [-0.1, -0.05) is 76.4 Å². The number of ether oxygens (including phenoxy) is 1. The summed E-state index contributed by atoms with van der Waals surface area (Å²) in [6.45, 7) is 6.46. The van der Waals surface area contributed by atoms with Crippen LogP contribution in [-0.2, 0) is 19.3 Å². The maximum atomic E-state index is 9.34. The molecule has 3 rings (SSSR count). The smallest absolute Gasteiger partial charge is 0.160 e. The molecule has 0 amide bonds. The molecule has 0 aromatic heterocycles. The molecule has 3 aromatic rings. The van der Waals surface area contributed by atoms with Gasteiger partial charge in [0, 0.05) is 0 Å². The summed E-state index contributed by atoms with van der Waals surface area (Å²) in [6.07, 6.45) is 8.98. The molecular weight excluding hydrogens is 424 g/mol. The maximum Gasteiger partial charge on any atom is 0.160 e. The minimum atomic E-state index is 0.211. The van der Waals surface area contributed by atoms with E-state index in [-0.39, 0.29) is 5.75 Å². The predicted octanol–water partition coefficient (Wildman–Crippen LogP) is 7.82. The van der Waals surface area contributed by atoms with Gasteiger partial charge in [-0.15, -0.1) is 0 Å². The molecule has 0 saturated carbocycles. The van der Waals surface area contributed by atoms with Crippen LogP contribution in [0.25, 0.3) is 0 Å². The monoisotopic (exact) mass is 466 g/mol. The normalized spacial score (nSPS) is 9.88. The molecular formula is C30H42O4.